The largest absolute Gasteiger partial charge is 0.497 e. The highest BCUT2D eigenvalue weighted by molar-refractivity contribution is 7.89. The Labute approximate surface area is 190 Å². The predicted octanol–water partition coefficient (Wildman–Crippen LogP) is 4.61. The van der Waals surface area contributed by atoms with Gasteiger partial charge in [-0.3, -0.25) is 4.79 Å². The molecule has 7 nitrogen and oxygen atoms in total. The Morgan fingerprint density at radius 1 is 1.09 bits per heavy atom. The molecule has 0 radical (unpaired) electrons. The fraction of sp³-hybridized carbons (Fsp3) is 0.458. The SMILES string of the molecule is CCCCOc1ccc(OC)cc1NC(=O)c1ccc(C)c(S(=O)(=O)N2CCCCC2)c1. The zero-order valence-electron chi connectivity index (χ0n) is 19.0. The number of ether oxygens (including phenoxy) is 2. The Bertz CT molecular complexity index is 1050. The van der Waals surface area contributed by atoms with Crippen molar-refractivity contribution in [2.24, 2.45) is 0 Å². The second-order valence-corrected chi connectivity index (χ2v) is 9.87. The molecular formula is C24H32N2O5S. The number of hydrogen-bond donors (Lipinski definition) is 1. The number of anilines is 1. The van der Waals surface area contributed by atoms with Crippen molar-refractivity contribution in [2.75, 3.05) is 32.1 Å². The molecule has 0 unspecified atom stereocenters. The van der Waals surface area contributed by atoms with E-state index in [0.29, 0.717) is 42.4 Å². The van der Waals surface area contributed by atoms with Crippen molar-refractivity contribution < 1.29 is 22.7 Å². The van der Waals surface area contributed by atoms with E-state index in [1.165, 1.54) is 10.4 Å². The number of unbranched alkanes of at least 4 members (excludes halogenated alkanes) is 1. The summed E-state index contributed by atoms with van der Waals surface area (Å²) < 4.78 is 39.0. The Balaban J connectivity index is 1.86. The van der Waals surface area contributed by atoms with Gasteiger partial charge in [-0.05, 0) is 56.0 Å². The number of rotatable bonds is 9. The summed E-state index contributed by atoms with van der Waals surface area (Å²) in [6, 6.07) is 10.00. The topological polar surface area (TPSA) is 84.9 Å². The lowest BCUT2D eigenvalue weighted by Gasteiger charge is -2.26. The summed E-state index contributed by atoms with van der Waals surface area (Å²) in [6.45, 7) is 5.39. The van der Waals surface area contributed by atoms with Crippen LogP contribution < -0.4 is 14.8 Å². The number of nitrogens with zero attached hydrogens (tertiary/aromatic N) is 1. The molecule has 0 bridgehead atoms. The van der Waals surface area contributed by atoms with Crippen LogP contribution in [0.3, 0.4) is 0 Å². The molecule has 1 N–H and O–H groups in total. The molecule has 8 heteroatoms. The van der Waals surface area contributed by atoms with E-state index in [2.05, 4.69) is 12.2 Å². The molecular weight excluding hydrogens is 428 g/mol. The molecule has 1 fully saturated rings. The fourth-order valence-electron chi connectivity index (χ4n) is 3.64. The van der Waals surface area contributed by atoms with Gasteiger partial charge in [0, 0.05) is 24.7 Å². The van der Waals surface area contributed by atoms with Crippen molar-refractivity contribution >= 4 is 21.6 Å². The Hall–Kier alpha value is -2.58. The van der Waals surface area contributed by atoms with Crippen LogP contribution in [0.1, 0.15) is 54.9 Å². The molecule has 0 aliphatic carbocycles. The zero-order valence-corrected chi connectivity index (χ0v) is 19.8. The summed E-state index contributed by atoms with van der Waals surface area (Å²) in [4.78, 5) is 13.2. The lowest BCUT2D eigenvalue weighted by atomic mass is 10.1. The van der Waals surface area contributed by atoms with Crippen LogP contribution in [-0.2, 0) is 10.0 Å². The first-order valence-electron chi connectivity index (χ1n) is 11.1. The van der Waals surface area contributed by atoms with Crippen LogP contribution >= 0.6 is 0 Å². The van der Waals surface area contributed by atoms with Gasteiger partial charge in [0.25, 0.3) is 5.91 Å². The van der Waals surface area contributed by atoms with Crippen LogP contribution in [0.5, 0.6) is 11.5 Å². The first kappa shape index (κ1) is 24.1. The number of benzene rings is 2. The summed E-state index contributed by atoms with van der Waals surface area (Å²) in [5.41, 5.74) is 1.37. The van der Waals surface area contributed by atoms with Gasteiger partial charge in [0.05, 0.1) is 24.3 Å². The second kappa shape index (κ2) is 10.8. The van der Waals surface area contributed by atoms with E-state index in [1.807, 2.05) is 0 Å². The Morgan fingerprint density at radius 2 is 1.84 bits per heavy atom. The summed E-state index contributed by atoms with van der Waals surface area (Å²) in [7, 11) is -2.09. The Morgan fingerprint density at radius 3 is 2.53 bits per heavy atom. The number of nitrogens with one attached hydrogen (secondary N) is 1. The number of amides is 1. The maximum absolute atomic E-state index is 13.2. The maximum Gasteiger partial charge on any atom is 0.255 e. The predicted molar refractivity (Wildman–Crippen MR) is 125 cm³/mol. The van der Waals surface area contributed by atoms with Crippen molar-refractivity contribution in [2.45, 2.75) is 50.8 Å². The van der Waals surface area contributed by atoms with Crippen molar-refractivity contribution in [3.8, 4) is 11.5 Å². The molecule has 0 atom stereocenters. The minimum Gasteiger partial charge on any atom is -0.497 e. The van der Waals surface area contributed by atoms with Gasteiger partial charge >= 0.3 is 0 Å². The normalized spacial score (nSPS) is 14.7. The van der Waals surface area contributed by atoms with E-state index >= 15 is 0 Å². The van der Waals surface area contributed by atoms with Crippen LogP contribution in [0.25, 0.3) is 0 Å². The quantitative estimate of drug-likeness (QED) is 0.553. The number of sulfonamides is 1. The summed E-state index contributed by atoms with van der Waals surface area (Å²) in [5.74, 6) is 0.718. The summed E-state index contributed by atoms with van der Waals surface area (Å²) in [6.07, 6.45) is 4.64. The maximum atomic E-state index is 13.2. The molecule has 1 aliphatic heterocycles. The third-order valence-electron chi connectivity index (χ3n) is 5.57. The minimum atomic E-state index is -3.65. The van der Waals surface area contributed by atoms with Crippen LogP contribution in [0.2, 0.25) is 0 Å². The van der Waals surface area contributed by atoms with Crippen molar-refractivity contribution in [3.05, 3.63) is 47.5 Å². The number of hydrogen-bond acceptors (Lipinski definition) is 5. The van der Waals surface area contributed by atoms with Gasteiger partial charge in [0.15, 0.2) is 0 Å². The van der Waals surface area contributed by atoms with Gasteiger partial charge < -0.3 is 14.8 Å². The lowest BCUT2D eigenvalue weighted by molar-refractivity contribution is 0.102. The highest BCUT2D eigenvalue weighted by atomic mass is 32.2. The minimum absolute atomic E-state index is 0.178. The molecule has 174 valence electrons. The van der Waals surface area contributed by atoms with E-state index in [1.54, 1.807) is 44.4 Å². The molecule has 1 aliphatic rings. The fourth-order valence-corrected chi connectivity index (χ4v) is 5.41. The molecule has 2 aromatic rings. The molecule has 3 rings (SSSR count). The molecule has 0 aromatic heterocycles. The molecule has 2 aromatic carbocycles. The van der Waals surface area contributed by atoms with Gasteiger partial charge in [-0.2, -0.15) is 4.31 Å². The van der Waals surface area contributed by atoms with Gasteiger partial charge in [-0.1, -0.05) is 25.8 Å². The van der Waals surface area contributed by atoms with E-state index in [-0.39, 0.29) is 10.5 Å². The smallest absolute Gasteiger partial charge is 0.255 e. The van der Waals surface area contributed by atoms with Crippen LogP contribution in [0.4, 0.5) is 5.69 Å². The van der Waals surface area contributed by atoms with Gasteiger partial charge in [-0.15, -0.1) is 0 Å². The van der Waals surface area contributed by atoms with Crippen LogP contribution in [0.15, 0.2) is 41.3 Å². The zero-order chi connectivity index (χ0) is 23.1. The van der Waals surface area contributed by atoms with E-state index in [4.69, 9.17) is 9.47 Å². The standard InChI is InChI=1S/C24H32N2O5S/c1-4-5-15-31-22-12-11-20(30-3)17-21(22)25-24(27)19-10-9-18(2)23(16-19)32(28,29)26-13-7-6-8-14-26/h9-12,16-17H,4-8,13-15H2,1-3H3,(H,25,27). The molecule has 1 heterocycles. The van der Waals surface area contributed by atoms with E-state index in [0.717, 1.165) is 32.1 Å². The monoisotopic (exact) mass is 460 g/mol. The first-order chi connectivity index (χ1) is 15.4. The van der Waals surface area contributed by atoms with Crippen molar-refractivity contribution in [1.82, 2.24) is 4.31 Å². The highest BCUT2D eigenvalue weighted by Gasteiger charge is 2.28. The molecule has 32 heavy (non-hydrogen) atoms. The van der Waals surface area contributed by atoms with Crippen molar-refractivity contribution in [3.63, 3.8) is 0 Å². The number of methoxy groups -OCH3 is 1. The first-order valence-corrected chi connectivity index (χ1v) is 12.5. The number of carbonyl (C=O) groups excluding carboxylic acids is 1. The van der Waals surface area contributed by atoms with Crippen molar-refractivity contribution in [1.29, 1.82) is 0 Å². The third kappa shape index (κ3) is 5.61. The lowest BCUT2D eigenvalue weighted by Crippen LogP contribution is -2.36. The highest BCUT2D eigenvalue weighted by Crippen LogP contribution is 2.30. The van der Waals surface area contributed by atoms with E-state index < -0.39 is 15.9 Å². The van der Waals surface area contributed by atoms with Gasteiger partial charge in [0.2, 0.25) is 10.0 Å². The molecule has 0 saturated carbocycles. The van der Waals surface area contributed by atoms with Crippen LogP contribution in [0, 0.1) is 6.92 Å². The second-order valence-electron chi connectivity index (χ2n) is 7.96. The molecule has 1 saturated heterocycles. The molecule has 0 spiro atoms. The number of aryl methyl sites for hydroxylation is 1. The van der Waals surface area contributed by atoms with Crippen LogP contribution in [-0.4, -0.2) is 45.4 Å². The Kier molecular flexibility index (Phi) is 8.15. The van der Waals surface area contributed by atoms with E-state index in [9.17, 15) is 13.2 Å². The molecule has 1 amide bonds. The number of piperidine rings is 1. The average molecular weight is 461 g/mol. The van der Waals surface area contributed by atoms with Gasteiger partial charge in [0.1, 0.15) is 11.5 Å². The number of carbonyl (C=O) groups is 1. The third-order valence-corrected chi connectivity index (χ3v) is 7.61. The summed E-state index contributed by atoms with van der Waals surface area (Å²) >= 11 is 0. The average Bonchev–Trinajstić information content (AvgIpc) is 2.80. The summed E-state index contributed by atoms with van der Waals surface area (Å²) in [5, 5.41) is 2.85. The van der Waals surface area contributed by atoms with Gasteiger partial charge in [-0.25, -0.2) is 8.42 Å².